The highest BCUT2D eigenvalue weighted by Gasteiger charge is 2.34. The van der Waals surface area contributed by atoms with Crippen LogP contribution in [0.3, 0.4) is 0 Å². The molecule has 0 bridgehead atoms. The molecule has 3 aromatic rings. The maximum Gasteiger partial charge on any atom is 0.231 e. The van der Waals surface area contributed by atoms with Gasteiger partial charge in [-0.1, -0.05) is 45.2 Å². The molecule has 3 aliphatic heterocycles. The van der Waals surface area contributed by atoms with Gasteiger partial charge in [-0.2, -0.15) is 0 Å². The van der Waals surface area contributed by atoms with Crippen molar-refractivity contribution < 1.29 is 23.7 Å². The summed E-state index contributed by atoms with van der Waals surface area (Å²) < 4.78 is 24.1. The fourth-order valence-corrected chi connectivity index (χ4v) is 5.63. The van der Waals surface area contributed by atoms with Crippen LogP contribution in [0.1, 0.15) is 32.6 Å². The molecule has 0 aliphatic carbocycles. The quantitative estimate of drug-likeness (QED) is 0.319. The van der Waals surface area contributed by atoms with E-state index in [1.807, 2.05) is 30.3 Å². The lowest BCUT2D eigenvalue weighted by Gasteiger charge is -2.29. The number of ether oxygens (including phenoxy) is 4. The zero-order valence-corrected chi connectivity index (χ0v) is 22.1. The van der Waals surface area contributed by atoms with Crippen LogP contribution in [-0.2, 0) is 24.3 Å². The third-order valence-corrected chi connectivity index (χ3v) is 7.43. The summed E-state index contributed by atoms with van der Waals surface area (Å²) in [6, 6.07) is 13.0. The molecule has 0 aromatic heterocycles. The predicted octanol–water partition coefficient (Wildman–Crippen LogP) is 6.63. The van der Waals surface area contributed by atoms with Crippen molar-refractivity contribution in [2.45, 2.75) is 19.6 Å². The van der Waals surface area contributed by atoms with Crippen LogP contribution in [0.2, 0.25) is 10.0 Å². The molecular weight excluding hydrogens is 569 g/mol. The van der Waals surface area contributed by atoms with Crippen molar-refractivity contribution in [2.75, 3.05) is 20.1 Å². The van der Waals surface area contributed by atoms with Crippen LogP contribution in [0.5, 0.6) is 17.2 Å². The average Bonchev–Trinajstić information content (AvgIpc) is 3.19. The van der Waals surface area contributed by atoms with Gasteiger partial charge in [0.2, 0.25) is 5.78 Å². The molecule has 0 unspecified atom stereocenters. The molecule has 0 spiro atoms. The minimum atomic E-state index is -0.168. The van der Waals surface area contributed by atoms with E-state index in [-0.39, 0.29) is 18.3 Å². The van der Waals surface area contributed by atoms with E-state index in [4.69, 9.17) is 42.1 Å². The average molecular weight is 589 g/mol. The van der Waals surface area contributed by atoms with E-state index >= 15 is 0 Å². The first-order chi connectivity index (χ1) is 17.5. The van der Waals surface area contributed by atoms with Gasteiger partial charge in [0.15, 0.2) is 12.6 Å². The molecule has 0 fully saturated rings. The van der Waals surface area contributed by atoms with E-state index in [1.165, 1.54) is 0 Å². The molecule has 36 heavy (non-hydrogen) atoms. The van der Waals surface area contributed by atoms with Crippen LogP contribution in [0.4, 0.5) is 0 Å². The Kier molecular flexibility index (Phi) is 6.44. The molecule has 0 atom stereocenters. The number of Topliss-reactive ketones (excluding diaryl/α,β-unsaturated/α-hetero) is 1. The summed E-state index contributed by atoms with van der Waals surface area (Å²) in [5.74, 6) is 2.05. The standard InChI is InChI=1S/C27H20BrCl2NO5/c28-18-7-16(26-17(8-18)12-33-14-35-26)9-24-25(32)20-3-4-23-21(27(20)36-24)11-31(13-34-23)6-5-15-1-2-19(29)10-22(15)30/h1-4,7-10H,5-6,11-14H2/b24-9-. The molecule has 3 aliphatic rings. The van der Waals surface area contributed by atoms with Crippen molar-refractivity contribution in [1.82, 2.24) is 4.90 Å². The van der Waals surface area contributed by atoms with Gasteiger partial charge in [-0.15, -0.1) is 0 Å². The van der Waals surface area contributed by atoms with Gasteiger partial charge in [0.05, 0.1) is 17.7 Å². The van der Waals surface area contributed by atoms with E-state index in [2.05, 4.69) is 20.8 Å². The van der Waals surface area contributed by atoms with Gasteiger partial charge >= 0.3 is 0 Å². The number of halogens is 3. The summed E-state index contributed by atoms with van der Waals surface area (Å²) in [6.45, 7) is 2.38. The Morgan fingerprint density at radius 1 is 1.06 bits per heavy atom. The minimum absolute atomic E-state index is 0.168. The van der Waals surface area contributed by atoms with Crippen LogP contribution in [0, 0.1) is 0 Å². The third-order valence-electron chi connectivity index (χ3n) is 6.38. The number of hydrogen-bond donors (Lipinski definition) is 0. The number of carbonyl (C=O) groups excluding carboxylic acids is 1. The Balaban J connectivity index is 1.25. The molecule has 0 radical (unpaired) electrons. The first-order valence-electron chi connectivity index (χ1n) is 11.4. The van der Waals surface area contributed by atoms with Gasteiger partial charge in [0.25, 0.3) is 0 Å². The molecule has 184 valence electrons. The number of allylic oxidation sites excluding steroid dienone is 1. The molecular formula is C27H20BrCl2NO5. The van der Waals surface area contributed by atoms with Gasteiger partial charge < -0.3 is 18.9 Å². The van der Waals surface area contributed by atoms with Crippen molar-refractivity contribution in [3.63, 3.8) is 0 Å². The fourth-order valence-electron chi connectivity index (χ4n) is 4.61. The van der Waals surface area contributed by atoms with Gasteiger partial charge in [0.1, 0.15) is 24.0 Å². The minimum Gasteiger partial charge on any atom is -0.478 e. The number of benzene rings is 3. The Morgan fingerprint density at radius 3 is 2.81 bits per heavy atom. The Bertz CT molecular complexity index is 1420. The number of hydrogen-bond acceptors (Lipinski definition) is 6. The largest absolute Gasteiger partial charge is 0.478 e. The fraction of sp³-hybridized carbons (Fsp3) is 0.222. The van der Waals surface area contributed by atoms with Crippen molar-refractivity contribution in [2.24, 2.45) is 0 Å². The summed E-state index contributed by atoms with van der Waals surface area (Å²) in [5, 5.41) is 1.26. The summed E-state index contributed by atoms with van der Waals surface area (Å²) in [4.78, 5) is 15.4. The van der Waals surface area contributed by atoms with Crippen LogP contribution >= 0.6 is 39.1 Å². The third kappa shape index (κ3) is 4.51. The molecule has 3 heterocycles. The Hall–Kier alpha value is -2.55. The van der Waals surface area contributed by atoms with Gasteiger partial charge in [0, 0.05) is 38.7 Å². The van der Waals surface area contributed by atoms with Crippen LogP contribution in [0.25, 0.3) is 6.08 Å². The number of rotatable bonds is 4. The number of carbonyl (C=O) groups is 1. The second-order valence-corrected chi connectivity index (χ2v) is 10.5. The number of fused-ring (bicyclic) bond motifs is 4. The normalized spacial score (nSPS) is 17.6. The second kappa shape index (κ2) is 9.72. The summed E-state index contributed by atoms with van der Waals surface area (Å²) >= 11 is 15.9. The molecule has 0 amide bonds. The highest BCUT2D eigenvalue weighted by atomic mass is 79.9. The van der Waals surface area contributed by atoms with E-state index in [9.17, 15) is 4.79 Å². The molecule has 0 N–H and O–H groups in total. The first-order valence-corrected chi connectivity index (χ1v) is 12.9. The molecule has 0 saturated carbocycles. The van der Waals surface area contributed by atoms with Crippen LogP contribution in [0.15, 0.2) is 52.7 Å². The topological polar surface area (TPSA) is 57.2 Å². The maximum absolute atomic E-state index is 13.2. The lowest BCUT2D eigenvalue weighted by atomic mass is 10.0. The molecule has 6 rings (SSSR count). The van der Waals surface area contributed by atoms with E-state index in [0.717, 1.165) is 45.4 Å². The van der Waals surface area contributed by atoms with Crippen molar-refractivity contribution in [3.05, 3.63) is 90.6 Å². The van der Waals surface area contributed by atoms with Crippen LogP contribution < -0.4 is 14.2 Å². The van der Waals surface area contributed by atoms with Crippen molar-refractivity contribution in [1.29, 1.82) is 0 Å². The summed E-state index contributed by atoms with van der Waals surface area (Å²) in [5.41, 5.74) is 4.07. The highest BCUT2D eigenvalue weighted by Crippen LogP contribution is 2.43. The van der Waals surface area contributed by atoms with Gasteiger partial charge in [-0.3, -0.25) is 9.69 Å². The Labute approximate surface area is 226 Å². The monoisotopic (exact) mass is 587 g/mol. The van der Waals surface area contributed by atoms with Gasteiger partial charge in [-0.05, 0) is 54.5 Å². The zero-order chi connectivity index (χ0) is 24.8. The summed E-state index contributed by atoms with van der Waals surface area (Å²) in [6.07, 6.45) is 2.47. The lowest BCUT2D eigenvalue weighted by Crippen LogP contribution is -2.33. The SMILES string of the molecule is O=C1/C(=C/c2cc(Br)cc3c2OCOC3)Oc2c1ccc1c2CN(CCc2ccc(Cl)cc2Cl)CO1. The first kappa shape index (κ1) is 23.8. The van der Waals surface area contributed by atoms with Crippen LogP contribution in [-0.4, -0.2) is 30.8 Å². The second-order valence-electron chi connectivity index (χ2n) is 8.76. The van der Waals surface area contributed by atoms with Gasteiger partial charge in [-0.25, -0.2) is 0 Å². The smallest absolute Gasteiger partial charge is 0.231 e. The lowest BCUT2D eigenvalue weighted by molar-refractivity contribution is -0.0165. The molecule has 0 saturated heterocycles. The predicted molar refractivity (Wildman–Crippen MR) is 140 cm³/mol. The number of nitrogens with zero attached hydrogens (tertiary/aromatic N) is 1. The number of ketones is 1. The molecule has 9 heteroatoms. The molecule has 6 nitrogen and oxygen atoms in total. The Morgan fingerprint density at radius 2 is 1.94 bits per heavy atom. The molecule has 3 aromatic carbocycles. The zero-order valence-electron chi connectivity index (χ0n) is 19.0. The summed E-state index contributed by atoms with van der Waals surface area (Å²) in [7, 11) is 0. The van der Waals surface area contributed by atoms with E-state index in [0.29, 0.717) is 47.0 Å². The van der Waals surface area contributed by atoms with Crippen molar-refractivity contribution >= 4 is 51.0 Å². The van der Waals surface area contributed by atoms with E-state index < -0.39 is 0 Å². The van der Waals surface area contributed by atoms with E-state index in [1.54, 1.807) is 18.2 Å². The highest BCUT2D eigenvalue weighted by molar-refractivity contribution is 9.10. The maximum atomic E-state index is 13.2. The van der Waals surface area contributed by atoms with Crippen molar-refractivity contribution in [3.8, 4) is 17.2 Å².